The van der Waals surface area contributed by atoms with E-state index in [0.29, 0.717) is 19.6 Å². The Labute approximate surface area is 71.6 Å². The van der Waals surface area contributed by atoms with Crippen LogP contribution in [0.4, 0.5) is 0 Å². The molecule has 0 aromatic carbocycles. The van der Waals surface area contributed by atoms with E-state index in [4.69, 9.17) is 4.65 Å². The van der Waals surface area contributed by atoms with Gasteiger partial charge in [-0.05, 0) is 6.42 Å². The van der Waals surface area contributed by atoms with Crippen molar-refractivity contribution in [3.8, 4) is 0 Å². The van der Waals surface area contributed by atoms with Crippen LogP contribution in [0.15, 0.2) is 12.2 Å². The van der Waals surface area contributed by atoms with E-state index in [1.807, 2.05) is 0 Å². The lowest BCUT2D eigenvalue weighted by molar-refractivity contribution is -0.136. The van der Waals surface area contributed by atoms with Crippen molar-refractivity contribution in [3.05, 3.63) is 12.2 Å². The average Bonchev–Trinajstić information content (AvgIpc) is 2.35. The molecule has 0 radical (unpaired) electrons. The highest BCUT2D eigenvalue weighted by atomic mass is 16.4. The quantitative estimate of drug-likeness (QED) is 0.302. The van der Waals surface area contributed by atoms with Crippen molar-refractivity contribution in [2.24, 2.45) is 0 Å². The topological polar surface area (TPSA) is 46.6 Å². The monoisotopic (exact) mass is 167 g/mol. The summed E-state index contributed by atoms with van der Waals surface area (Å²) >= 11 is 0. The lowest BCUT2D eigenvalue weighted by atomic mass is 10.4. The molecule has 5 heteroatoms. The molecular weight excluding hydrogens is 157 g/mol. The van der Waals surface area contributed by atoms with E-state index in [1.54, 1.807) is 8.05 Å². The SMILES string of the molecule is BOCCCN1C(=O)C=CC1=O. The van der Waals surface area contributed by atoms with Crippen LogP contribution < -0.4 is 0 Å². The number of hydrogen-bond acceptors (Lipinski definition) is 3. The Morgan fingerprint density at radius 2 is 1.92 bits per heavy atom. The maximum absolute atomic E-state index is 11.0. The lowest BCUT2D eigenvalue weighted by Crippen LogP contribution is -2.31. The molecule has 64 valence electrons. The predicted molar refractivity (Wildman–Crippen MR) is 45.0 cm³/mol. The van der Waals surface area contributed by atoms with Crippen molar-refractivity contribution in [3.63, 3.8) is 0 Å². The van der Waals surface area contributed by atoms with Crippen molar-refractivity contribution >= 4 is 19.9 Å². The number of carbonyl (C=O) groups is 2. The number of rotatable bonds is 4. The van der Waals surface area contributed by atoms with E-state index < -0.39 is 0 Å². The molecule has 0 unspecified atom stereocenters. The number of nitrogens with zero attached hydrogens (tertiary/aromatic N) is 1. The molecule has 0 atom stereocenters. The Balaban J connectivity index is 2.33. The molecule has 0 aromatic heterocycles. The molecule has 0 saturated carbocycles. The van der Waals surface area contributed by atoms with Gasteiger partial charge in [0.1, 0.15) is 0 Å². The van der Waals surface area contributed by atoms with Crippen molar-refractivity contribution in [1.82, 2.24) is 4.90 Å². The Morgan fingerprint density at radius 3 is 2.42 bits per heavy atom. The van der Waals surface area contributed by atoms with Crippen LogP contribution in [0.3, 0.4) is 0 Å². The lowest BCUT2D eigenvalue weighted by Gasteiger charge is -2.12. The zero-order valence-electron chi connectivity index (χ0n) is 6.95. The van der Waals surface area contributed by atoms with Gasteiger partial charge in [-0.15, -0.1) is 0 Å². The van der Waals surface area contributed by atoms with Crippen LogP contribution in [0.1, 0.15) is 6.42 Å². The average molecular weight is 167 g/mol. The van der Waals surface area contributed by atoms with E-state index in [9.17, 15) is 9.59 Å². The van der Waals surface area contributed by atoms with Crippen LogP contribution in [-0.2, 0) is 14.2 Å². The molecule has 1 rings (SSSR count). The van der Waals surface area contributed by atoms with Crippen molar-refractivity contribution < 1.29 is 14.2 Å². The van der Waals surface area contributed by atoms with Gasteiger partial charge in [-0.2, -0.15) is 0 Å². The first-order chi connectivity index (χ1) is 5.75. The van der Waals surface area contributed by atoms with Gasteiger partial charge in [-0.3, -0.25) is 14.5 Å². The maximum atomic E-state index is 11.0. The fourth-order valence-electron chi connectivity index (χ4n) is 1.02. The molecule has 2 amide bonds. The standard InChI is InChI=1S/C7H10BNO3/c8-12-5-1-4-9-6(10)2-3-7(9)11/h2-3H,1,4-5,8H2. The Kier molecular flexibility index (Phi) is 3.05. The Bertz CT molecular complexity index is 209. The van der Waals surface area contributed by atoms with Gasteiger partial charge in [-0.25, -0.2) is 0 Å². The van der Waals surface area contributed by atoms with E-state index in [-0.39, 0.29) is 11.8 Å². The second-order valence-electron chi connectivity index (χ2n) is 2.51. The minimum absolute atomic E-state index is 0.226. The summed E-state index contributed by atoms with van der Waals surface area (Å²) in [5, 5.41) is 0. The molecular formula is C7H10BNO3. The van der Waals surface area contributed by atoms with Gasteiger partial charge in [-0.1, -0.05) is 0 Å². The normalized spacial score (nSPS) is 16.2. The smallest absolute Gasteiger partial charge is 0.257 e. The fraction of sp³-hybridized carbons (Fsp3) is 0.429. The minimum Gasteiger partial charge on any atom is -0.444 e. The highest BCUT2D eigenvalue weighted by Crippen LogP contribution is 2.03. The summed E-state index contributed by atoms with van der Waals surface area (Å²) in [5.41, 5.74) is 0. The van der Waals surface area contributed by atoms with Gasteiger partial charge in [0.05, 0.1) is 0 Å². The second kappa shape index (κ2) is 4.06. The van der Waals surface area contributed by atoms with Crippen molar-refractivity contribution in [2.45, 2.75) is 6.42 Å². The first-order valence-electron chi connectivity index (χ1n) is 3.78. The van der Waals surface area contributed by atoms with Crippen LogP contribution in [0.5, 0.6) is 0 Å². The molecule has 1 aliphatic heterocycles. The first-order valence-corrected chi connectivity index (χ1v) is 3.78. The largest absolute Gasteiger partial charge is 0.444 e. The number of carbonyl (C=O) groups excluding carboxylic acids is 2. The van der Waals surface area contributed by atoms with Gasteiger partial charge >= 0.3 is 0 Å². The van der Waals surface area contributed by atoms with Crippen LogP contribution in [0, 0.1) is 0 Å². The molecule has 0 bridgehead atoms. The summed E-state index contributed by atoms with van der Waals surface area (Å²) in [7, 11) is 1.59. The molecule has 0 N–H and O–H groups in total. The van der Waals surface area contributed by atoms with E-state index >= 15 is 0 Å². The highest BCUT2D eigenvalue weighted by Gasteiger charge is 2.21. The third-order valence-corrected chi connectivity index (χ3v) is 1.63. The van der Waals surface area contributed by atoms with Gasteiger partial charge < -0.3 is 4.65 Å². The fourth-order valence-corrected chi connectivity index (χ4v) is 1.02. The first kappa shape index (κ1) is 9.00. The Morgan fingerprint density at radius 1 is 1.33 bits per heavy atom. The van der Waals surface area contributed by atoms with Crippen LogP contribution in [0.2, 0.25) is 0 Å². The summed E-state index contributed by atoms with van der Waals surface area (Å²) in [6.07, 6.45) is 3.26. The molecule has 1 heterocycles. The van der Waals surface area contributed by atoms with Gasteiger partial charge in [0.2, 0.25) is 0 Å². The molecule has 0 aliphatic carbocycles. The summed E-state index contributed by atoms with van der Waals surface area (Å²) in [4.78, 5) is 23.1. The molecule has 0 spiro atoms. The summed E-state index contributed by atoms with van der Waals surface area (Å²) in [5.74, 6) is -0.452. The molecule has 1 aliphatic rings. The molecule has 0 saturated heterocycles. The number of hydrogen-bond donors (Lipinski definition) is 0. The van der Waals surface area contributed by atoms with Gasteiger partial charge in [0.25, 0.3) is 19.9 Å². The summed E-state index contributed by atoms with van der Waals surface area (Å²) < 4.78 is 4.80. The second-order valence-corrected chi connectivity index (χ2v) is 2.51. The predicted octanol–water partition coefficient (Wildman–Crippen LogP) is -1.13. The zero-order chi connectivity index (χ0) is 8.97. The van der Waals surface area contributed by atoms with E-state index in [1.165, 1.54) is 17.1 Å². The summed E-state index contributed by atoms with van der Waals surface area (Å²) in [6, 6.07) is 0. The van der Waals surface area contributed by atoms with Crippen molar-refractivity contribution in [1.29, 1.82) is 0 Å². The zero-order valence-corrected chi connectivity index (χ0v) is 6.95. The minimum atomic E-state index is -0.226. The van der Waals surface area contributed by atoms with E-state index in [0.717, 1.165) is 0 Å². The molecule has 0 fully saturated rings. The highest BCUT2D eigenvalue weighted by molar-refractivity contribution is 6.12. The molecule has 0 aromatic rings. The number of amides is 2. The van der Waals surface area contributed by atoms with Crippen LogP contribution in [0.25, 0.3) is 0 Å². The third-order valence-electron chi connectivity index (χ3n) is 1.63. The maximum Gasteiger partial charge on any atom is 0.257 e. The molecule has 12 heavy (non-hydrogen) atoms. The Hall–Kier alpha value is -1.10. The van der Waals surface area contributed by atoms with E-state index in [2.05, 4.69) is 0 Å². The van der Waals surface area contributed by atoms with Gasteiger partial charge in [0, 0.05) is 25.3 Å². The third kappa shape index (κ3) is 1.95. The van der Waals surface area contributed by atoms with Crippen molar-refractivity contribution in [2.75, 3.05) is 13.2 Å². The summed E-state index contributed by atoms with van der Waals surface area (Å²) in [6.45, 7) is 1.01. The number of imide groups is 1. The van der Waals surface area contributed by atoms with Gasteiger partial charge in [0.15, 0.2) is 0 Å². The molecule has 4 nitrogen and oxygen atoms in total. The van der Waals surface area contributed by atoms with Crippen LogP contribution >= 0.6 is 0 Å². The van der Waals surface area contributed by atoms with Crippen LogP contribution in [-0.4, -0.2) is 37.9 Å².